The maximum atomic E-state index is 12.6. The topological polar surface area (TPSA) is 88.1 Å². The van der Waals surface area contributed by atoms with Crippen molar-refractivity contribution >= 4 is 11.9 Å². The highest BCUT2D eigenvalue weighted by Crippen LogP contribution is 2.24. The fraction of sp³-hybridized carbons (Fsp3) is 0.462. The van der Waals surface area contributed by atoms with Crippen LogP contribution in [0.3, 0.4) is 0 Å². The van der Waals surface area contributed by atoms with Gasteiger partial charge in [0.2, 0.25) is 5.91 Å². The van der Waals surface area contributed by atoms with Crippen molar-refractivity contribution in [1.29, 1.82) is 0 Å². The Bertz CT molecular complexity index is 913. The first-order valence-electron chi connectivity index (χ1n) is 11.7. The quantitative estimate of drug-likeness (QED) is 0.662. The Kier molecular flexibility index (Phi) is 9.57. The summed E-state index contributed by atoms with van der Waals surface area (Å²) in [6.45, 7) is 5.30. The van der Waals surface area contributed by atoms with E-state index < -0.39 is 5.97 Å². The van der Waals surface area contributed by atoms with Gasteiger partial charge in [-0.05, 0) is 55.0 Å². The third-order valence-electron chi connectivity index (χ3n) is 5.44. The first-order valence-corrected chi connectivity index (χ1v) is 11.7. The van der Waals surface area contributed by atoms with Gasteiger partial charge in [-0.25, -0.2) is 0 Å². The maximum absolute atomic E-state index is 12.6. The molecule has 2 aromatic carbocycles. The molecule has 178 valence electrons. The minimum absolute atomic E-state index is 0.0127. The number of hydrogen-bond donors (Lipinski definition) is 2. The van der Waals surface area contributed by atoms with Crippen molar-refractivity contribution < 1.29 is 24.2 Å². The molecule has 0 spiro atoms. The highest BCUT2D eigenvalue weighted by Gasteiger charge is 2.17. The summed E-state index contributed by atoms with van der Waals surface area (Å²) >= 11 is 0. The highest BCUT2D eigenvalue weighted by molar-refractivity contribution is 5.78. The predicted octanol–water partition coefficient (Wildman–Crippen LogP) is 3.78. The van der Waals surface area contributed by atoms with Crippen LogP contribution in [0.2, 0.25) is 0 Å². The molecule has 0 aromatic heterocycles. The van der Waals surface area contributed by atoms with Crippen molar-refractivity contribution in [3.63, 3.8) is 0 Å². The van der Waals surface area contributed by atoms with Gasteiger partial charge in [0.05, 0.1) is 26.2 Å². The number of rotatable bonds is 7. The number of nitrogens with one attached hydrogen (secondary N) is 1. The van der Waals surface area contributed by atoms with Crippen molar-refractivity contribution in [2.45, 2.75) is 52.1 Å². The second-order valence-electron chi connectivity index (χ2n) is 8.41. The number of carbonyl (C=O) groups excluding carboxylic acids is 1. The predicted molar refractivity (Wildman–Crippen MR) is 126 cm³/mol. The van der Waals surface area contributed by atoms with Crippen molar-refractivity contribution in [3.8, 4) is 11.5 Å². The number of benzene rings is 2. The lowest BCUT2D eigenvalue weighted by molar-refractivity contribution is -0.136. The van der Waals surface area contributed by atoms with Gasteiger partial charge in [0.25, 0.3) is 0 Å². The van der Waals surface area contributed by atoms with Crippen LogP contribution in [0.15, 0.2) is 42.5 Å². The summed E-state index contributed by atoms with van der Waals surface area (Å²) in [7, 11) is 0. The van der Waals surface area contributed by atoms with Gasteiger partial charge in [-0.15, -0.1) is 0 Å². The Morgan fingerprint density at radius 2 is 1.88 bits per heavy atom. The average molecular weight is 455 g/mol. The SMILES string of the molecule is CCCOc1ccc(CN2CC(=O)NCCCCCOc3ccc(CC(=O)O)cc3C2)cc1. The van der Waals surface area contributed by atoms with E-state index in [-0.39, 0.29) is 18.9 Å². The second-order valence-corrected chi connectivity index (χ2v) is 8.41. The first kappa shape index (κ1) is 24.6. The molecule has 0 radical (unpaired) electrons. The largest absolute Gasteiger partial charge is 0.494 e. The summed E-state index contributed by atoms with van der Waals surface area (Å²) in [4.78, 5) is 25.9. The Labute approximate surface area is 195 Å². The number of hydrogen-bond acceptors (Lipinski definition) is 5. The maximum Gasteiger partial charge on any atom is 0.307 e. The molecule has 3 rings (SSSR count). The number of carboxylic acids is 1. The van der Waals surface area contributed by atoms with Gasteiger partial charge in [0.15, 0.2) is 0 Å². The van der Waals surface area contributed by atoms with Crippen LogP contribution in [0.25, 0.3) is 0 Å². The molecule has 0 saturated carbocycles. The van der Waals surface area contributed by atoms with E-state index in [2.05, 4.69) is 17.1 Å². The average Bonchev–Trinajstić information content (AvgIpc) is 2.79. The molecule has 0 bridgehead atoms. The second kappa shape index (κ2) is 12.8. The zero-order valence-electron chi connectivity index (χ0n) is 19.3. The molecule has 1 aliphatic heterocycles. The lowest BCUT2D eigenvalue weighted by atomic mass is 10.1. The number of nitrogens with zero attached hydrogens (tertiary/aromatic N) is 1. The van der Waals surface area contributed by atoms with Gasteiger partial charge in [-0.3, -0.25) is 14.5 Å². The van der Waals surface area contributed by atoms with Crippen molar-refractivity contribution in [3.05, 3.63) is 59.2 Å². The third-order valence-corrected chi connectivity index (χ3v) is 5.44. The van der Waals surface area contributed by atoms with Crippen LogP contribution < -0.4 is 14.8 Å². The van der Waals surface area contributed by atoms with E-state index in [1.54, 1.807) is 6.07 Å². The molecular weight excluding hydrogens is 420 g/mol. The summed E-state index contributed by atoms with van der Waals surface area (Å²) in [5, 5.41) is 12.2. The molecule has 0 unspecified atom stereocenters. The van der Waals surface area contributed by atoms with E-state index in [0.29, 0.717) is 32.8 Å². The molecule has 1 heterocycles. The summed E-state index contributed by atoms with van der Waals surface area (Å²) in [5.74, 6) is 0.695. The Morgan fingerprint density at radius 3 is 2.64 bits per heavy atom. The summed E-state index contributed by atoms with van der Waals surface area (Å²) in [6.07, 6.45) is 3.70. The molecule has 0 fully saturated rings. The number of aliphatic carboxylic acids is 1. The van der Waals surface area contributed by atoms with E-state index in [1.165, 1.54) is 0 Å². The third kappa shape index (κ3) is 8.42. The molecule has 0 aliphatic carbocycles. The molecule has 0 saturated heterocycles. The molecular formula is C26H34N2O5. The lowest BCUT2D eigenvalue weighted by Crippen LogP contribution is -2.37. The van der Waals surface area contributed by atoms with Crippen LogP contribution in [0.4, 0.5) is 0 Å². The highest BCUT2D eigenvalue weighted by atomic mass is 16.5. The van der Waals surface area contributed by atoms with Gasteiger partial charge in [-0.1, -0.05) is 31.2 Å². The Morgan fingerprint density at radius 1 is 1.09 bits per heavy atom. The standard InChI is InChI=1S/C26H34N2O5/c1-2-13-32-23-9-6-20(7-10-23)17-28-18-22-15-21(16-26(30)31)8-11-24(22)33-14-5-3-4-12-27-25(29)19-28/h6-11,15H,2-5,12-14,16-19H2,1H3,(H,27,29)(H,30,31). The minimum atomic E-state index is -0.873. The molecule has 2 N–H and O–H groups in total. The molecule has 0 atom stereocenters. The van der Waals surface area contributed by atoms with Gasteiger partial charge >= 0.3 is 5.97 Å². The minimum Gasteiger partial charge on any atom is -0.494 e. The summed E-state index contributed by atoms with van der Waals surface area (Å²) in [6, 6.07) is 13.5. The zero-order valence-corrected chi connectivity index (χ0v) is 19.3. The van der Waals surface area contributed by atoms with Crippen LogP contribution >= 0.6 is 0 Å². The van der Waals surface area contributed by atoms with E-state index in [4.69, 9.17) is 9.47 Å². The Balaban J connectivity index is 1.82. The number of fused-ring (bicyclic) bond motifs is 1. The number of carbonyl (C=O) groups is 2. The van der Waals surface area contributed by atoms with E-state index >= 15 is 0 Å². The molecule has 7 nitrogen and oxygen atoms in total. The number of ether oxygens (including phenoxy) is 2. The zero-order chi connectivity index (χ0) is 23.5. The normalized spacial score (nSPS) is 15.7. The fourth-order valence-corrected chi connectivity index (χ4v) is 3.83. The molecule has 1 aliphatic rings. The van der Waals surface area contributed by atoms with Crippen LogP contribution in [-0.4, -0.2) is 48.2 Å². The molecule has 1 amide bonds. The van der Waals surface area contributed by atoms with Crippen molar-refractivity contribution in [2.75, 3.05) is 26.3 Å². The van der Waals surface area contributed by atoms with E-state index in [0.717, 1.165) is 53.9 Å². The van der Waals surface area contributed by atoms with Crippen LogP contribution in [0, 0.1) is 0 Å². The lowest BCUT2D eigenvalue weighted by Gasteiger charge is -2.24. The number of carboxylic acid groups (broad SMARTS) is 1. The summed E-state index contributed by atoms with van der Waals surface area (Å²) in [5.41, 5.74) is 2.68. The van der Waals surface area contributed by atoms with Crippen LogP contribution in [0.1, 0.15) is 49.3 Å². The van der Waals surface area contributed by atoms with Crippen molar-refractivity contribution in [2.24, 2.45) is 0 Å². The molecule has 7 heteroatoms. The van der Waals surface area contributed by atoms with Crippen LogP contribution in [0.5, 0.6) is 11.5 Å². The van der Waals surface area contributed by atoms with Gasteiger partial charge in [0, 0.05) is 25.2 Å². The summed E-state index contributed by atoms with van der Waals surface area (Å²) < 4.78 is 11.7. The Hall–Kier alpha value is -3.06. The van der Waals surface area contributed by atoms with Crippen molar-refractivity contribution in [1.82, 2.24) is 10.2 Å². The molecule has 2 aromatic rings. The number of amides is 1. The van der Waals surface area contributed by atoms with Gasteiger partial charge in [-0.2, -0.15) is 0 Å². The van der Waals surface area contributed by atoms with Gasteiger partial charge < -0.3 is 19.9 Å². The van der Waals surface area contributed by atoms with E-state index in [9.17, 15) is 14.7 Å². The molecule has 33 heavy (non-hydrogen) atoms. The fourth-order valence-electron chi connectivity index (χ4n) is 3.83. The van der Waals surface area contributed by atoms with E-state index in [1.807, 2.05) is 36.4 Å². The smallest absolute Gasteiger partial charge is 0.307 e. The van der Waals surface area contributed by atoms with Gasteiger partial charge in [0.1, 0.15) is 11.5 Å². The van der Waals surface area contributed by atoms with Crippen LogP contribution in [-0.2, 0) is 29.1 Å². The monoisotopic (exact) mass is 454 g/mol. The first-order chi connectivity index (χ1) is 16.0.